The van der Waals surface area contributed by atoms with Crippen LogP contribution in [0.2, 0.25) is 0 Å². The number of ether oxygens (including phenoxy) is 3. The zero-order valence-electron chi connectivity index (χ0n) is 19.7. The Morgan fingerprint density at radius 3 is 2.41 bits per heavy atom. The van der Waals surface area contributed by atoms with Crippen LogP contribution in [-0.4, -0.2) is 74.7 Å². The first-order chi connectivity index (χ1) is 16.6. The lowest BCUT2D eigenvalue weighted by atomic mass is 10.0. The molecule has 2 heterocycles. The third kappa shape index (κ3) is 5.24. The number of rotatable bonds is 10. The Balaban J connectivity index is 1.58. The summed E-state index contributed by atoms with van der Waals surface area (Å²) in [4.78, 5) is 30.6. The molecule has 0 aliphatic carbocycles. The molecular weight excluding hydrogens is 434 g/mol. The predicted octanol–water partition coefficient (Wildman–Crippen LogP) is 3.01. The maximum Gasteiger partial charge on any atom is 0.278 e. The van der Waals surface area contributed by atoms with Gasteiger partial charge >= 0.3 is 0 Å². The van der Waals surface area contributed by atoms with E-state index in [9.17, 15) is 9.59 Å². The lowest BCUT2D eigenvalue weighted by molar-refractivity contribution is -0.136. The molecule has 1 fully saturated rings. The molecule has 0 aromatic heterocycles. The number of morpholine rings is 1. The molecule has 2 aliphatic rings. The van der Waals surface area contributed by atoms with Crippen molar-refractivity contribution in [2.24, 2.45) is 0 Å². The summed E-state index contributed by atoms with van der Waals surface area (Å²) in [6.45, 7) is 6.84. The van der Waals surface area contributed by atoms with Crippen molar-refractivity contribution in [1.82, 2.24) is 9.80 Å². The van der Waals surface area contributed by atoms with Gasteiger partial charge < -0.3 is 19.5 Å². The Morgan fingerprint density at radius 1 is 0.971 bits per heavy atom. The standard InChI is InChI=1S/C26H31N3O5/c1-3-34-20-11-9-19(10-12-20)27-24-23(21-7-4-5-8-22(21)32-2)25(30)29(26(24)31)14-6-13-28-15-17-33-18-16-28/h4-5,7-12,27H,3,6,13-18H2,1-2H3. The summed E-state index contributed by atoms with van der Waals surface area (Å²) in [6, 6.07) is 14.6. The molecular formula is C26H31N3O5. The van der Waals surface area contributed by atoms with Gasteiger partial charge in [0.25, 0.3) is 11.8 Å². The first-order valence-corrected chi connectivity index (χ1v) is 11.7. The van der Waals surface area contributed by atoms with Gasteiger partial charge in [0.05, 0.1) is 32.5 Å². The second-order valence-electron chi connectivity index (χ2n) is 8.10. The van der Waals surface area contributed by atoms with Crippen LogP contribution < -0.4 is 14.8 Å². The van der Waals surface area contributed by atoms with Crippen LogP contribution >= 0.6 is 0 Å². The SMILES string of the molecule is CCOc1ccc(NC2=C(c3ccccc3OC)C(=O)N(CCCN3CCOCC3)C2=O)cc1. The molecule has 2 aromatic carbocycles. The van der Waals surface area contributed by atoms with Gasteiger partial charge in [0.1, 0.15) is 17.2 Å². The number of nitrogens with zero attached hydrogens (tertiary/aromatic N) is 2. The summed E-state index contributed by atoms with van der Waals surface area (Å²) in [5.74, 6) is 0.636. The first-order valence-electron chi connectivity index (χ1n) is 11.7. The number of nitrogens with one attached hydrogen (secondary N) is 1. The van der Waals surface area contributed by atoms with Gasteiger partial charge in [0.2, 0.25) is 0 Å². The lowest BCUT2D eigenvalue weighted by Gasteiger charge is -2.27. The summed E-state index contributed by atoms with van der Waals surface area (Å²) in [5, 5.41) is 3.19. The number of hydrogen-bond donors (Lipinski definition) is 1. The van der Waals surface area contributed by atoms with Gasteiger partial charge in [0, 0.05) is 37.4 Å². The third-order valence-electron chi connectivity index (χ3n) is 5.94. The number of benzene rings is 2. The number of imide groups is 1. The molecule has 180 valence electrons. The second-order valence-corrected chi connectivity index (χ2v) is 8.10. The summed E-state index contributed by atoms with van der Waals surface area (Å²) in [7, 11) is 1.56. The lowest BCUT2D eigenvalue weighted by Crippen LogP contribution is -2.39. The Labute approximate surface area is 200 Å². The normalized spacial score (nSPS) is 16.8. The summed E-state index contributed by atoms with van der Waals surface area (Å²) >= 11 is 0. The fourth-order valence-corrected chi connectivity index (χ4v) is 4.22. The second kappa shape index (κ2) is 11.2. The molecule has 1 saturated heterocycles. The molecule has 0 unspecified atom stereocenters. The first kappa shape index (κ1) is 23.8. The van der Waals surface area contributed by atoms with Crippen molar-refractivity contribution in [3.8, 4) is 11.5 Å². The van der Waals surface area contributed by atoms with Gasteiger partial charge in [-0.15, -0.1) is 0 Å². The molecule has 0 saturated carbocycles. The van der Waals surface area contributed by atoms with Crippen molar-refractivity contribution in [3.63, 3.8) is 0 Å². The summed E-state index contributed by atoms with van der Waals surface area (Å²) < 4.78 is 16.4. The van der Waals surface area contributed by atoms with Crippen molar-refractivity contribution in [1.29, 1.82) is 0 Å². The van der Waals surface area contributed by atoms with Gasteiger partial charge in [-0.2, -0.15) is 0 Å². The van der Waals surface area contributed by atoms with Crippen molar-refractivity contribution < 1.29 is 23.8 Å². The fraction of sp³-hybridized carbons (Fsp3) is 0.385. The topological polar surface area (TPSA) is 80.3 Å². The van der Waals surface area contributed by atoms with E-state index in [2.05, 4.69) is 10.2 Å². The quantitative estimate of drug-likeness (QED) is 0.541. The van der Waals surface area contributed by atoms with E-state index in [1.165, 1.54) is 4.90 Å². The van der Waals surface area contributed by atoms with Gasteiger partial charge in [-0.3, -0.25) is 19.4 Å². The smallest absolute Gasteiger partial charge is 0.278 e. The molecule has 4 rings (SSSR count). The fourth-order valence-electron chi connectivity index (χ4n) is 4.22. The van der Waals surface area contributed by atoms with Crippen LogP contribution in [0.25, 0.3) is 5.57 Å². The summed E-state index contributed by atoms with van der Waals surface area (Å²) in [6.07, 6.45) is 0.701. The monoisotopic (exact) mass is 465 g/mol. The van der Waals surface area contributed by atoms with Crippen LogP contribution in [0.15, 0.2) is 54.2 Å². The van der Waals surface area contributed by atoms with Crippen LogP contribution in [0.1, 0.15) is 18.9 Å². The van der Waals surface area contributed by atoms with E-state index in [1.807, 2.05) is 43.3 Å². The van der Waals surface area contributed by atoms with Crippen LogP contribution in [0, 0.1) is 0 Å². The third-order valence-corrected chi connectivity index (χ3v) is 5.94. The van der Waals surface area contributed by atoms with Crippen LogP contribution in [0.4, 0.5) is 5.69 Å². The predicted molar refractivity (Wildman–Crippen MR) is 130 cm³/mol. The number of carbonyl (C=O) groups excluding carboxylic acids is 2. The highest BCUT2D eigenvalue weighted by Crippen LogP contribution is 2.35. The van der Waals surface area contributed by atoms with Gasteiger partial charge in [-0.05, 0) is 43.7 Å². The van der Waals surface area contributed by atoms with Crippen molar-refractivity contribution in [2.75, 3.05) is 58.4 Å². The van der Waals surface area contributed by atoms with E-state index in [4.69, 9.17) is 14.2 Å². The highest BCUT2D eigenvalue weighted by molar-refractivity contribution is 6.37. The van der Waals surface area contributed by atoms with Crippen molar-refractivity contribution in [3.05, 3.63) is 59.8 Å². The zero-order valence-corrected chi connectivity index (χ0v) is 19.7. The maximum absolute atomic E-state index is 13.5. The van der Waals surface area contributed by atoms with Crippen molar-refractivity contribution in [2.45, 2.75) is 13.3 Å². The van der Waals surface area contributed by atoms with Crippen LogP contribution in [0.5, 0.6) is 11.5 Å². The van der Waals surface area contributed by atoms with Crippen molar-refractivity contribution >= 4 is 23.1 Å². The number of methoxy groups -OCH3 is 1. The van der Waals surface area contributed by atoms with Gasteiger partial charge in [-0.25, -0.2) is 0 Å². The molecule has 0 spiro atoms. The number of hydrogen-bond acceptors (Lipinski definition) is 7. The zero-order chi connectivity index (χ0) is 23.9. The summed E-state index contributed by atoms with van der Waals surface area (Å²) in [5.41, 5.74) is 1.86. The number of anilines is 1. The highest BCUT2D eigenvalue weighted by Gasteiger charge is 2.40. The number of para-hydroxylation sites is 1. The van der Waals surface area contributed by atoms with Crippen LogP contribution in [0.3, 0.4) is 0 Å². The minimum absolute atomic E-state index is 0.255. The minimum Gasteiger partial charge on any atom is -0.496 e. The highest BCUT2D eigenvalue weighted by atomic mass is 16.5. The molecule has 8 nitrogen and oxygen atoms in total. The largest absolute Gasteiger partial charge is 0.496 e. The Hall–Kier alpha value is -3.36. The molecule has 1 N–H and O–H groups in total. The van der Waals surface area contributed by atoms with Crippen LogP contribution in [-0.2, 0) is 14.3 Å². The molecule has 0 radical (unpaired) electrons. The van der Waals surface area contributed by atoms with E-state index in [0.29, 0.717) is 42.1 Å². The van der Waals surface area contributed by atoms with E-state index >= 15 is 0 Å². The maximum atomic E-state index is 13.5. The van der Waals surface area contributed by atoms with E-state index < -0.39 is 0 Å². The number of amides is 2. The molecule has 34 heavy (non-hydrogen) atoms. The van der Waals surface area contributed by atoms with E-state index in [-0.39, 0.29) is 17.5 Å². The minimum atomic E-state index is -0.332. The number of carbonyl (C=O) groups is 2. The molecule has 2 amide bonds. The Morgan fingerprint density at radius 2 is 1.71 bits per heavy atom. The molecule has 8 heteroatoms. The van der Waals surface area contributed by atoms with Gasteiger partial charge in [-0.1, -0.05) is 18.2 Å². The molecule has 2 aromatic rings. The Kier molecular flexibility index (Phi) is 7.82. The van der Waals surface area contributed by atoms with E-state index in [1.54, 1.807) is 19.2 Å². The van der Waals surface area contributed by atoms with E-state index in [0.717, 1.165) is 38.6 Å². The van der Waals surface area contributed by atoms with Gasteiger partial charge in [0.15, 0.2) is 0 Å². The molecule has 0 bridgehead atoms. The Bertz CT molecular complexity index is 1040. The molecule has 0 atom stereocenters. The molecule has 2 aliphatic heterocycles. The average Bonchev–Trinajstić information content (AvgIpc) is 3.10. The average molecular weight is 466 g/mol.